The minimum absolute atomic E-state index is 0.0155. The monoisotopic (exact) mass is 474 g/mol. The van der Waals surface area contributed by atoms with Crippen LogP contribution in [0.25, 0.3) is 0 Å². The molecule has 5 aliphatic carbocycles. The van der Waals surface area contributed by atoms with Crippen molar-refractivity contribution in [3.8, 4) is 0 Å². The average Bonchev–Trinajstić information content (AvgIpc) is 3.24. The van der Waals surface area contributed by atoms with Gasteiger partial charge in [-0.2, -0.15) is 0 Å². The summed E-state index contributed by atoms with van der Waals surface area (Å²) in [5.74, 6) is 2.62. The van der Waals surface area contributed by atoms with Crippen molar-refractivity contribution in [3.05, 3.63) is 12.7 Å². The van der Waals surface area contributed by atoms with Gasteiger partial charge in [0.1, 0.15) is 0 Å². The number of allylic oxidation sites excluding steroid dienone is 1. The highest BCUT2D eigenvalue weighted by molar-refractivity contribution is 5.75. The second kappa shape index (κ2) is 9.91. The number of rotatable bonds is 1. The quantitative estimate of drug-likeness (QED) is 0.377. The number of carboxylic acids is 1. The molecule has 0 amide bonds. The summed E-state index contributed by atoms with van der Waals surface area (Å²) in [6.45, 7) is 19.0. The van der Waals surface area contributed by atoms with Crippen LogP contribution in [0.1, 0.15) is 119 Å². The molecule has 9 atom stereocenters. The van der Waals surface area contributed by atoms with E-state index in [0.717, 1.165) is 44.4 Å². The summed E-state index contributed by atoms with van der Waals surface area (Å²) >= 11 is 0. The summed E-state index contributed by atoms with van der Waals surface area (Å²) in [6, 6.07) is 0. The van der Waals surface area contributed by atoms with Crippen molar-refractivity contribution in [1.82, 2.24) is 0 Å². The molecule has 9 unspecified atom stereocenters. The molecule has 5 saturated carbocycles. The van der Waals surface area contributed by atoms with Gasteiger partial charge in [0.25, 0.3) is 0 Å². The smallest absolute Gasteiger partial charge is 0.309 e. The van der Waals surface area contributed by atoms with Gasteiger partial charge in [0.15, 0.2) is 0 Å². The van der Waals surface area contributed by atoms with E-state index < -0.39 is 11.4 Å². The molecule has 0 aliphatic heterocycles. The third-order valence-electron chi connectivity index (χ3n) is 11.9. The lowest BCUT2D eigenvalue weighted by Gasteiger charge is -2.69. The molecule has 0 aromatic heterocycles. The second-order valence-electron chi connectivity index (χ2n) is 13.3. The molecular formula is C31H54O3. The average molecular weight is 475 g/mol. The first-order valence-corrected chi connectivity index (χ1v) is 14.5. The highest BCUT2D eigenvalue weighted by Crippen LogP contribution is 2.72. The Morgan fingerprint density at radius 3 is 2.06 bits per heavy atom. The molecule has 0 radical (unpaired) electrons. The summed E-state index contributed by atoms with van der Waals surface area (Å²) in [5.41, 5.74) is 0.307. The summed E-state index contributed by atoms with van der Waals surface area (Å²) in [5, 5.41) is 20.9. The molecule has 34 heavy (non-hydrogen) atoms. The van der Waals surface area contributed by atoms with Crippen molar-refractivity contribution in [1.29, 1.82) is 0 Å². The van der Waals surface area contributed by atoms with Crippen molar-refractivity contribution in [2.75, 3.05) is 0 Å². The van der Waals surface area contributed by atoms with Gasteiger partial charge in [-0.05, 0) is 117 Å². The normalized spacial score (nSPS) is 48.2. The molecule has 0 saturated heterocycles. The van der Waals surface area contributed by atoms with E-state index in [9.17, 15) is 15.0 Å². The zero-order chi connectivity index (χ0) is 25.5. The Morgan fingerprint density at radius 1 is 0.824 bits per heavy atom. The Morgan fingerprint density at radius 2 is 1.44 bits per heavy atom. The van der Waals surface area contributed by atoms with Crippen LogP contribution in [0.15, 0.2) is 12.7 Å². The fourth-order valence-electron chi connectivity index (χ4n) is 10.6. The molecule has 5 fully saturated rings. The number of aliphatic hydroxyl groups excluding tert-OH is 1. The lowest BCUT2D eigenvalue weighted by atomic mass is 9.36. The molecule has 0 bridgehead atoms. The van der Waals surface area contributed by atoms with Crippen molar-refractivity contribution < 1.29 is 15.0 Å². The van der Waals surface area contributed by atoms with Crippen molar-refractivity contribution in [3.63, 3.8) is 0 Å². The number of hydrogen-bond acceptors (Lipinski definition) is 2. The molecule has 0 heterocycles. The van der Waals surface area contributed by atoms with Crippen LogP contribution in [-0.2, 0) is 4.79 Å². The first-order chi connectivity index (χ1) is 16.0. The number of carbonyl (C=O) groups is 1. The Balaban J connectivity index is 0.000000603. The van der Waals surface area contributed by atoms with E-state index >= 15 is 0 Å². The van der Waals surface area contributed by atoms with Gasteiger partial charge in [-0.3, -0.25) is 4.79 Å². The Kier molecular flexibility index (Phi) is 8.09. The summed E-state index contributed by atoms with van der Waals surface area (Å²) < 4.78 is 0. The maximum atomic E-state index is 12.3. The molecule has 0 aromatic rings. The van der Waals surface area contributed by atoms with E-state index in [0.29, 0.717) is 34.5 Å². The Bertz CT molecular complexity index is 743. The number of fused-ring (bicyclic) bond motifs is 7. The van der Waals surface area contributed by atoms with Crippen LogP contribution in [0.4, 0.5) is 0 Å². The highest BCUT2D eigenvalue weighted by Gasteiger charge is 2.67. The van der Waals surface area contributed by atoms with Crippen LogP contribution in [0.2, 0.25) is 0 Å². The van der Waals surface area contributed by atoms with Gasteiger partial charge < -0.3 is 10.2 Å². The number of hydrogen-bond donors (Lipinski definition) is 2. The minimum Gasteiger partial charge on any atom is -0.481 e. The fraction of sp³-hybridized carbons (Fsp3) is 0.903. The topological polar surface area (TPSA) is 57.5 Å². The third kappa shape index (κ3) is 3.91. The first kappa shape index (κ1) is 27.8. The molecule has 2 N–H and O–H groups in total. The number of aliphatic hydroxyl groups is 1. The van der Waals surface area contributed by atoms with Crippen molar-refractivity contribution in [2.24, 2.45) is 51.2 Å². The van der Waals surface area contributed by atoms with Crippen molar-refractivity contribution >= 4 is 5.97 Å². The molecule has 5 aliphatic rings. The second-order valence-corrected chi connectivity index (χ2v) is 13.3. The molecule has 196 valence electrons. The maximum absolute atomic E-state index is 12.3. The van der Waals surface area contributed by atoms with Crippen LogP contribution in [0.5, 0.6) is 0 Å². The predicted molar refractivity (Wildman–Crippen MR) is 142 cm³/mol. The Hall–Kier alpha value is -0.830. The molecule has 3 nitrogen and oxygen atoms in total. The first-order valence-electron chi connectivity index (χ1n) is 14.5. The maximum Gasteiger partial charge on any atom is 0.309 e. The zero-order valence-electron chi connectivity index (χ0n) is 23.3. The van der Waals surface area contributed by atoms with E-state index in [4.69, 9.17) is 0 Å². The van der Waals surface area contributed by atoms with E-state index in [-0.39, 0.29) is 11.5 Å². The van der Waals surface area contributed by atoms with Gasteiger partial charge in [-0.15, -0.1) is 6.58 Å². The Labute approximate surface area is 210 Å². The summed E-state index contributed by atoms with van der Waals surface area (Å²) in [6.07, 6.45) is 14.0. The third-order valence-corrected chi connectivity index (χ3v) is 11.9. The lowest BCUT2D eigenvalue weighted by molar-refractivity contribution is -0.216. The number of carboxylic acid groups (broad SMARTS) is 1. The van der Waals surface area contributed by atoms with Gasteiger partial charge in [-0.1, -0.05) is 54.0 Å². The molecule has 5 rings (SSSR count). The SMILES string of the molecule is C=CC.CC.CC1(C)C(O)CCC2(C)C1CCC1(C)C3CCC4(C(=O)O)CCCC4C3CCC12. The fourth-order valence-corrected chi connectivity index (χ4v) is 10.6. The van der Waals surface area contributed by atoms with E-state index in [1.165, 1.54) is 32.1 Å². The lowest BCUT2D eigenvalue weighted by Crippen LogP contribution is -2.63. The predicted octanol–water partition coefficient (Wildman–Crippen LogP) is 8.12. The van der Waals surface area contributed by atoms with Gasteiger partial charge >= 0.3 is 5.97 Å². The molecule has 0 spiro atoms. The van der Waals surface area contributed by atoms with Crippen molar-refractivity contribution in [2.45, 2.75) is 125 Å². The van der Waals surface area contributed by atoms with Gasteiger partial charge in [-0.25, -0.2) is 0 Å². The van der Waals surface area contributed by atoms with E-state index in [2.05, 4.69) is 34.3 Å². The minimum atomic E-state index is -0.496. The van der Waals surface area contributed by atoms with Crippen LogP contribution in [0.3, 0.4) is 0 Å². The standard InChI is InChI=1S/C26H42O3.C3H6.C2H6/c1-23(2)19-10-13-24(3)17-9-15-26(22(28)29)12-5-6-18(26)16(17)7-8-20(24)25(19,4)14-11-21(23)27;1-3-2;1-2/h16-21,27H,5-15H2,1-4H3,(H,28,29);3H,1H2,2H3;1-2H3. The number of aliphatic carboxylic acids is 1. The summed E-state index contributed by atoms with van der Waals surface area (Å²) in [7, 11) is 0. The van der Waals surface area contributed by atoms with E-state index in [1.54, 1.807) is 6.08 Å². The molecule has 3 heteroatoms. The zero-order valence-corrected chi connectivity index (χ0v) is 23.3. The van der Waals surface area contributed by atoms with E-state index in [1.807, 2.05) is 20.8 Å². The molecule has 0 aromatic carbocycles. The van der Waals surface area contributed by atoms with Crippen LogP contribution >= 0.6 is 0 Å². The van der Waals surface area contributed by atoms with Gasteiger partial charge in [0.05, 0.1) is 11.5 Å². The van der Waals surface area contributed by atoms with Gasteiger partial charge in [0, 0.05) is 0 Å². The highest BCUT2D eigenvalue weighted by atomic mass is 16.4. The van der Waals surface area contributed by atoms with Crippen LogP contribution in [0, 0.1) is 51.2 Å². The van der Waals surface area contributed by atoms with Crippen LogP contribution in [-0.4, -0.2) is 22.3 Å². The largest absolute Gasteiger partial charge is 0.481 e. The van der Waals surface area contributed by atoms with Crippen LogP contribution < -0.4 is 0 Å². The molecular weight excluding hydrogens is 420 g/mol. The summed E-state index contributed by atoms with van der Waals surface area (Å²) in [4.78, 5) is 12.3. The van der Waals surface area contributed by atoms with Gasteiger partial charge in [0.2, 0.25) is 0 Å².